The molecule has 94 valence electrons. The molecule has 17 heavy (non-hydrogen) atoms. The third-order valence-electron chi connectivity index (χ3n) is 2.97. The normalized spacial score (nSPS) is 24.6. The van der Waals surface area contributed by atoms with Crippen LogP contribution in [0.25, 0.3) is 0 Å². The van der Waals surface area contributed by atoms with Crippen molar-refractivity contribution in [2.75, 3.05) is 6.26 Å². The highest BCUT2D eigenvalue weighted by Gasteiger charge is 2.53. The van der Waals surface area contributed by atoms with Gasteiger partial charge in [-0.2, -0.15) is 0 Å². The van der Waals surface area contributed by atoms with Crippen molar-refractivity contribution in [3.63, 3.8) is 0 Å². The zero-order valence-electron chi connectivity index (χ0n) is 9.62. The van der Waals surface area contributed by atoms with Crippen molar-refractivity contribution in [3.8, 4) is 0 Å². The Morgan fingerprint density at radius 3 is 1.94 bits per heavy atom. The van der Waals surface area contributed by atoms with Gasteiger partial charge in [0, 0.05) is 6.26 Å². The van der Waals surface area contributed by atoms with E-state index in [0.717, 1.165) is 11.8 Å². The van der Waals surface area contributed by atoms with E-state index in [1.165, 1.54) is 12.1 Å². The molecule has 6 heteroatoms. The molecule has 2 atom stereocenters. The van der Waals surface area contributed by atoms with E-state index < -0.39 is 30.2 Å². The molecule has 0 spiro atoms. The van der Waals surface area contributed by atoms with Gasteiger partial charge in [-0.25, -0.2) is 16.8 Å². The molecule has 1 aliphatic carbocycles. The first kappa shape index (κ1) is 12.6. The lowest BCUT2D eigenvalue weighted by Crippen LogP contribution is -2.16. The summed E-state index contributed by atoms with van der Waals surface area (Å²) < 4.78 is 46.7. The van der Waals surface area contributed by atoms with Gasteiger partial charge in [0.2, 0.25) is 0 Å². The van der Waals surface area contributed by atoms with Crippen LogP contribution in [0.15, 0.2) is 29.2 Å². The summed E-state index contributed by atoms with van der Waals surface area (Å²) in [5, 5.41) is -1.49. The molecule has 1 aliphatic rings. The summed E-state index contributed by atoms with van der Waals surface area (Å²) in [6.07, 6.45) is 1.30. The number of aryl methyl sites for hydroxylation is 1. The molecule has 1 aromatic rings. The molecule has 1 saturated carbocycles. The number of benzene rings is 1. The lowest BCUT2D eigenvalue weighted by atomic mass is 10.2. The molecule has 1 fully saturated rings. The van der Waals surface area contributed by atoms with Crippen molar-refractivity contribution < 1.29 is 16.8 Å². The summed E-state index contributed by atoms with van der Waals surface area (Å²) in [4.78, 5) is 0.208. The van der Waals surface area contributed by atoms with Crippen LogP contribution in [0.2, 0.25) is 0 Å². The lowest BCUT2D eigenvalue weighted by molar-refractivity contribution is 0.589. The first-order chi connectivity index (χ1) is 7.73. The van der Waals surface area contributed by atoms with Crippen LogP contribution in [0.5, 0.6) is 0 Å². The first-order valence-corrected chi connectivity index (χ1v) is 8.72. The maximum Gasteiger partial charge on any atom is 0.182 e. The first-order valence-electron chi connectivity index (χ1n) is 5.22. The Hall–Kier alpha value is -0.880. The third kappa shape index (κ3) is 2.37. The molecule has 0 aliphatic heterocycles. The van der Waals surface area contributed by atoms with E-state index in [0.29, 0.717) is 0 Å². The van der Waals surface area contributed by atoms with Crippen LogP contribution in [0.4, 0.5) is 0 Å². The molecule has 1 aromatic carbocycles. The highest BCUT2D eigenvalue weighted by molar-refractivity contribution is 7.96. The van der Waals surface area contributed by atoms with Crippen LogP contribution < -0.4 is 0 Å². The molecule has 4 nitrogen and oxygen atoms in total. The molecule has 0 heterocycles. The van der Waals surface area contributed by atoms with Gasteiger partial charge in [0.15, 0.2) is 19.7 Å². The van der Waals surface area contributed by atoms with Crippen LogP contribution in [0.3, 0.4) is 0 Å². The van der Waals surface area contributed by atoms with Crippen LogP contribution in [0.1, 0.15) is 12.0 Å². The van der Waals surface area contributed by atoms with Crippen molar-refractivity contribution >= 4 is 19.7 Å². The number of hydrogen-bond donors (Lipinski definition) is 0. The Labute approximate surface area is 102 Å². The van der Waals surface area contributed by atoms with Crippen LogP contribution in [0, 0.1) is 6.92 Å². The molecule has 2 rings (SSSR count). The van der Waals surface area contributed by atoms with Gasteiger partial charge < -0.3 is 0 Å². The number of rotatable bonds is 3. The van der Waals surface area contributed by atoms with Gasteiger partial charge >= 0.3 is 0 Å². The molecule has 0 aromatic heterocycles. The Balaban J connectivity index is 2.31. The van der Waals surface area contributed by atoms with Gasteiger partial charge in [-0.15, -0.1) is 0 Å². The molecule has 0 bridgehead atoms. The summed E-state index contributed by atoms with van der Waals surface area (Å²) in [5.41, 5.74) is 0.972. The van der Waals surface area contributed by atoms with Crippen molar-refractivity contribution in [2.24, 2.45) is 0 Å². The van der Waals surface area contributed by atoms with Crippen molar-refractivity contribution in [2.45, 2.75) is 28.7 Å². The molecule has 0 radical (unpaired) electrons. The van der Waals surface area contributed by atoms with Gasteiger partial charge in [0.1, 0.15) is 0 Å². The maximum atomic E-state index is 12.1. The van der Waals surface area contributed by atoms with E-state index in [1.54, 1.807) is 12.1 Å². The van der Waals surface area contributed by atoms with E-state index >= 15 is 0 Å². The molecular formula is C11H14O4S2. The van der Waals surface area contributed by atoms with Crippen LogP contribution in [-0.4, -0.2) is 33.6 Å². The van der Waals surface area contributed by atoms with E-state index in [4.69, 9.17) is 0 Å². The second-order valence-corrected chi connectivity index (χ2v) is 8.93. The summed E-state index contributed by atoms with van der Waals surface area (Å²) in [6.45, 7) is 1.87. The monoisotopic (exact) mass is 274 g/mol. The average molecular weight is 274 g/mol. The molecule has 0 saturated heterocycles. The molecule has 1 unspecified atom stereocenters. The zero-order chi connectivity index (χ0) is 12.8. The number of hydrogen-bond acceptors (Lipinski definition) is 4. The van der Waals surface area contributed by atoms with E-state index in [1.807, 2.05) is 6.92 Å². The maximum absolute atomic E-state index is 12.1. The lowest BCUT2D eigenvalue weighted by Gasteiger charge is -2.03. The summed E-state index contributed by atoms with van der Waals surface area (Å²) in [7, 11) is -6.75. The van der Waals surface area contributed by atoms with Gasteiger partial charge in [-0.1, -0.05) is 17.7 Å². The second-order valence-electron chi connectivity index (χ2n) is 4.50. The van der Waals surface area contributed by atoms with Crippen molar-refractivity contribution in [1.82, 2.24) is 0 Å². The smallest absolute Gasteiger partial charge is 0.182 e. The minimum atomic E-state index is -3.49. The SMILES string of the molecule is Cc1ccc(S(=O)(=O)C2C[C@H]2S(C)(=O)=O)cc1. The van der Waals surface area contributed by atoms with Crippen molar-refractivity contribution in [1.29, 1.82) is 0 Å². The summed E-state index contributed by atoms with van der Waals surface area (Å²) in [5.74, 6) is 0. The average Bonchev–Trinajstić information content (AvgIpc) is 2.96. The molecule has 0 amide bonds. The Morgan fingerprint density at radius 2 is 1.53 bits per heavy atom. The zero-order valence-corrected chi connectivity index (χ0v) is 11.3. The van der Waals surface area contributed by atoms with Crippen LogP contribution in [-0.2, 0) is 19.7 Å². The Morgan fingerprint density at radius 1 is 1.00 bits per heavy atom. The standard InChI is InChI=1S/C11H14O4S2/c1-8-3-5-9(6-4-8)17(14,15)11-7-10(11)16(2,12)13/h3-6,10-11H,7H2,1-2H3/t10-,11?/m1/s1. The predicted molar refractivity (Wildman–Crippen MR) is 65.4 cm³/mol. The van der Waals surface area contributed by atoms with E-state index in [2.05, 4.69) is 0 Å². The highest BCUT2D eigenvalue weighted by Crippen LogP contribution is 2.39. The summed E-state index contributed by atoms with van der Waals surface area (Å²) >= 11 is 0. The minimum Gasteiger partial charge on any atom is -0.229 e. The van der Waals surface area contributed by atoms with Gasteiger partial charge in [0.25, 0.3) is 0 Å². The van der Waals surface area contributed by atoms with Gasteiger partial charge in [-0.05, 0) is 25.5 Å². The van der Waals surface area contributed by atoms with Gasteiger partial charge in [0.05, 0.1) is 15.4 Å². The molecule has 0 N–H and O–H groups in total. The Kier molecular flexibility index (Phi) is 2.82. The summed E-state index contributed by atoms with van der Waals surface area (Å²) in [6, 6.07) is 6.49. The van der Waals surface area contributed by atoms with Crippen LogP contribution >= 0.6 is 0 Å². The fourth-order valence-corrected chi connectivity index (χ4v) is 5.83. The van der Waals surface area contributed by atoms with E-state index in [-0.39, 0.29) is 11.3 Å². The third-order valence-corrected chi connectivity index (χ3v) is 7.01. The Bertz CT molecular complexity index is 627. The fourth-order valence-electron chi connectivity index (χ4n) is 1.83. The fraction of sp³-hybridized carbons (Fsp3) is 0.455. The van der Waals surface area contributed by atoms with Crippen molar-refractivity contribution in [3.05, 3.63) is 29.8 Å². The second kappa shape index (κ2) is 3.81. The topological polar surface area (TPSA) is 68.3 Å². The molecular weight excluding hydrogens is 260 g/mol. The predicted octanol–water partition coefficient (Wildman–Crippen LogP) is 0.954. The number of sulfone groups is 2. The van der Waals surface area contributed by atoms with Gasteiger partial charge in [-0.3, -0.25) is 0 Å². The largest absolute Gasteiger partial charge is 0.229 e. The highest BCUT2D eigenvalue weighted by atomic mass is 32.2. The minimum absolute atomic E-state index is 0.208. The van der Waals surface area contributed by atoms with E-state index in [9.17, 15) is 16.8 Å². The quantitative estimate of drug-likeness (QED) is 0.823.